The largest absolute Gasteiger partial charge is 0.497 e. The Morgan fingerprint density at radius 3 is 2.57 bits per heavy atom. The van der Waals surface area contributed by atoms with Crippen LogP contribution >= 0.6 is 0 Å². The van der Waals surface area contributed by atoms with Gasteiger partial charge in [-0.3, -0.25) is 0 Å². The lowest BCUT2D eigenvalue weighted by atomic mass is 9.96. The van der Waals surface area contributed by atoms with E-state index in [0.29, 0.717) is 5.92 Å². The van der Waals surface area contributed by atoms with E-state index in [2.05, 4.69) is 42.6 Å². The summed E-state index contributed by atoms with van der Waals surface area (Å²) in [6, 6.07) is 12.6. The van der Waals surface area contributed by atoms with E-state index in [4.69, 9.17) is 4.74 Å². The SMILES string of the molecule is COc1ccc2cc(CNC(C)(CO)C3CC3)ccc2c1. The van der Waals surface area contributed by atoms with Crippen LogP contribution in [0, 0.1) is 5.92 Å². The van der Waals surface area contributed by atoms with E-state index in [1.54, 1.807) is 7.11 Å². The summed E-state index contributed by atoms with van der Waals surface area (Å²) in [5.74, 6) is 1.50. The predicted octanol–water partition coefficient (Wildman–Crippen LogP) is 3.10. The average Bonchev–Trinajstić information content (AvgIpc) is 3.37. The molecule has 0 heterocycles. The van der Waals surface area contributed by atoms with Gasteiger partial charge in [-0.25, -0.2) is 0 Å². The fraction of sp³-hybridized carbons (Fsp3) is 0.444. The molecule has 2 N–H and O–H groups in total. The average molecular weight is 285 g/mol. The Morgan fingerprint density at radius 1 is 1.19 bits per heavy atom. The number of nitrogens with one attached hydrogen (secondary N) is 1. The maximum atomic E-state index is 9.63. The first-order valence-electron chi connectivity index (χ1n) is 7.57. The minimum Gasteiger partial charge on any atom is -0.497 e. The van der Waals surface area contributed by atoms with Gasteiger partial charge in [0, 0.05) is 12.1 Å². The van der Waals surface area contributed by atoms with Gasteiger partial charge in [-0.05, 0) is 60.2 Å². The van der Waals surface area contributed by atoms with Gasteiger partial charge in [-0.1, -0.05) is 18.2 Å². The standard InChI is InChI=1S/C18H23NO2/c1-18(12-20,16-6-7-16)19-11-13-3-4-15-10-17(21-2)8-5-14(15)9-13/h3-5,8-10,16,19-20H,6-7,11-12H2,1-2H3. The van der Waals surface area contributed by atoms with Crippen molar-refractivity contribution in [1.82, 2.24) is 5.32 Å². The van der Waals surface area contributed by atoms with Crippen molar-refractivity contribution < 1.29 is 9.84 Å². The molecule has 0 saturated heterocycles. The molecule has 2 aromatic carbocycles. The summed E-state index contributed by atoms with van der Waals surface area (Å²) < 4.78 is 5.25. The molecule has 3 nitrogen and oxygen atoms in total. The minimum atomic E-state index is -0.144. The van der Waals surface area contributed by atoms with Gasteiger partial charge in [-0.2, -0.15) is 0 Å². The molecule has 0 amide bonds. The van der Waals surface area contributed by atoms with Gasteiger partial charge in [0.2, 0.25) is 0 Å². The number of hydrogen-bond acceptors (Lipinski definition) is 3. The summed E-state index contributed by atoms with van der Waals surface area (Å²) >= 11 is 0. The lowest BCUT2D eigenvalue weighted by Crippen LogP contribution is -2.47. The van der Waals surface area contributed by atoms with Gasteiger partial charge in [0.25, 0.3) is 0 Å². The van der Waals surface area contributed by atoms with Crippen LogP contribution in [0.1, 0.15) is 25.3 Å². The molecule has 2 aromatic rings. The fourth-order valence-corrected chi connectivity index (χ4v) is 2.86. The van der Waals surface area contributed by atoms with Crippen LogP contribution < -0.4 is 10.1 Å². The molecule has 0 radical (unpaired) electrons. The van der Waals surface area contributed by atoms with E-state index in [-0.39, 0.29) is 12.1 Å². The number of hydrogen-bond donors (Lipinski definition) is 2. The van der Waals surface area contributed by atoms with E-state index in [0.717, 1.165) is 12.3 Å². The number of benzene rings is 2. The zero-order valence-corrected chi connectivity index (χ0v) is 12.7. The second-order valence-electron chi connectivity index (χ2n) is 6.25. The van der Waals surface area contributed by atoms with Crippen LogP contribution in [0.15, 0.2) is 36.4 Å². The third-order valence-electron chi connectivity index (χ3n) is 4.62. The number of aliphatic hydroxyl groups is 1. The lowest BCUT2D eigenvalue weighted by Gasteiger charge is -2.29. The van der Waals surface area contributed by atoms with Crippen molar-refractivity contribution in [3.63, 3.8) is 0 Å². The second-order valence-corrected chi connectivity index (χ2v) is 6.25. The van der Waals surface area contributed by atoms with Crippen molar-refractivity contribution in [1.29, 1.82) is 0 Å². The molecule has 1 unspecified atom stereocenters. The Bertz CT molecular complexity index is 636. The topological polar surface area (TPSA) is 41.5 Å². The van der Waals surface area contributed by atoms with E-state index in [9.17, 15) is 5.11 Å². The van der Waals surface area contributed by atoms with Crippen LogP contribution in [-0.4, -0.2) is 24.4 Å². The van der Waals surface area contributed by atoms with Crippen molar-refractivity contribution in [2.75, 3.05) is 13.7 Å². The van der Waals surface area contributed by atoms with E-state index in [1.807, 2.05) is 6.07 Å². The van der Waals surface area contributed by atoms with Crippen molar-refractivity contribution in [3.8, 4) is 5.75 Å². The minimum absolute atomic E-state index is 0.144. The molecule has 3 rings (SSSR count). The molecule has 0 aromatic heterocycles. The van der Waals surface area contributed by atoms with Crippen LogP contribution in [0.2, 0.25) is 0 Å². The fourth-order valence-electron chi connectivity index (χ4n) is 2.86. The van der Waals surface area contributed by atoms with Gasteiger partial charge < -0.3 is 15.2 Å². The van der Waals surface area contributed by atoms with E-state index < -0.39 is 0 Å². The Morgan fingerprint density at radius 2 is 1.90 bits per heavy atom. The van der Waals surface area contributed by atoms with Crippen LogP contribution in [0.3, 0.4) is 0 Å². The van der Waals surface area contributed by atoms with Gasteiger partial charge in [0.05, 0.1) is 13.7 Å². The highest BCUT2D eigenvalue weighted by molar-refractivity contribution is 5.84. The number of rotatable bonds is 6. The van der Waals surface area contributed by atoms with Crippen LogP contribution in [0.4, 0.5) is 0 Å². The maximum Gasteiger partial charge on any atom is 0.119 e. The van der Waals surface area contributed by atoms with Crippen molar-refractivity contribution in [2.24, 2.45) is 5.92 Å². The molecule has 0 aliphatic heterocycles. The van der Waals surface area contributed by atoms with Crippen molar-refractivity contribution in [2.45, 2.75) is 31.8 Å². The molecule has 1 fully saturated rings. The predicted molar refractivity (Wildman–Crippen MR) is 85.6 cm³/mol. The second kappa shape index (κ2) is 5.66. The molecule has 0 bridgehead atoms. The van der Waals surface area contributed by atoms with Gasteiger partial charge >= 0.3 is 0 Å². The third kappa shape index (κ3) is 3.04. The summed E-state index contributed by atoms with van der Waals surface area (Å²) in [6.45, 7) is 3.11. The molecule has 1 aliphatic carbocycles. The maximum absolute atomic E-state index is 9.63. The highest BCUT2D eigenvalue weighted by atomic mass is 16.5. The quantitative estimate of drug-likeness (QED) is 0.857. The number of aliphatic hydroxyl groups excluding tert-OH is 1. The van der Waals surface area contributed by atoms with Gasteiger partial charge in [0.1, 0.15) is 5.75 Å². The monoisotopic (exact) mass is 285 g/mol. The van der Waals surface area contributed by atoms with Gasteiger partial charge in [0.15, 0.2) is 0 Å². The third-order valence-corrected chi connectivity index (χ3v) is 4.62. The Kier molecular flexibility index (Phi) is 3.87. The number of ether oxygens (including phenoxy) is 1. The van der Waals surface area contributed by atoms with E-state index >= 15 is 0 Å². The Hall–Kier alpha value is -1.58. The summed E-state index contributed by atoms with van der Waals surface area (Å²) in [7, 11) is 1.69. The smallest absolute Gasteiger partial charge is 0.119 e. The summed E-state index contributed by atoms with van der Waals surface area (Å²) in [5, 5.41) is 15.6. The Balaban J connectivity index is 1.75. The molecule has 1 atom stereocenters. The molecule has 21 heavy (non-hydrogen) atoms. The zero-order valence-electron chi connectivity index (χ0n) is 12.7. The molecular weight excluding hydrogens is 262 g/mol. The molecule has 0 spiro atoms. The first kappa shape index (κ1) is 14.4. The molecule has 1 saturated carbocycles. The van der Waals surface area contributed by atoms with Crippen LogP contribution in [0.25, 0.3) is 10.8 Å². The molecule has 3 heteroatoms. The first-order valence-corrected chi connectivity index (χ1v) is 7.57. The van der Waals surface area contributed by atoms with Gasteiger partial charge in [-0.15, -0.1) is 0 Å². The summed E-state index contributed by atoms with van der Waals surface area (Å²) in [6.07, 6.45) is 2.45. The Labute approximate surface area is 125 Å². The van der Waals surface area contributed by atoms with Crippen molar-refractivity contribution in [3.05, 3.63) is 42.0 Å². The number of fused-ring (bicyclic) bond motifs is 1. The molecule has 1 aliphatic rings. The highest BCUT2D eigenvalue weighted by Crippen LogP contribution is 2.39. The van der Waals surface area contributed by atoms with Crippen molar-refractivity contribution >= 4 is 10.8 Å². The molecule has 112 valence electrons. The van der Waals surface area contributed by atoms with Crippen LogP contribution in [-0.2, 0) is 6.54 Å². The van der Waals surface area contributed by atoms with E-state index in [1.165, 1.54) is 29.2 Å². The summed E-state index contributed by atoms with van der Waals surface area (Å²) in [5.41, 5.74) is 1.10. The zero-order chi connectivity index (χ0) is 14.9. The highest BCUT2D eigenvalue weighted by Gasteiger charge is 2.40. The number of methoxy groups -OCH3 is 1. The first-order chi connectivity index (χ1) is 10.1. The normalized spacial score (nSPS) is 17.7. The van der Waals surface area contributed by atoms with Crippen LogP contribution in [0.5, 0.6) is 5.75 Å². The summed E-state index contributed by atoms with van der Waals surface area (Å²) in [4.78, 5) is 0. The lowest BCUT2D eigenvalue weighted by molar-refractivity contribution is 0.153. The molecular formula is C18H23NO2.